The number of thiocarbonyl (C=S) groups is 1. The highest BCUT2D eigenvalue weighted by atomic mass is 35.5. The minimum Gasteiger partial charge on any atom is -0.389 e. The predicted molar refractivity (Wildman–Crippen MR) is 82.6 cm³/mol. The van der Waals surface area contributed by atoms with Gasteiger partial charge in [0.2, 0.25) is 0 Å². The van der Waals surface area contributed by atoms with Gasteiger partial charge in [0.25, 0.3) is 0 Å². The first-order chi connectivity index (χ1) is 8.68. The molecule has 98 valence electrons. The molecule has 0 aliphatic carbocycles. The SMILES string of the molecule is NC(=S)c1ccc(Cl)cc1N1CCCCCCC1. The summed E-state index contributed by atoms with van der Waals surface area (Å²) in [4.78, 5) is 2.82. The molecule has 1 saturated heterocycles. The summed E-state index contributed by atoms with van der Waals surface area (Å²) in [5.41, 5.74) is 7.84. The van der Waals surface area contributed by atoms with Gasteiger partial charge in [0.05, 0.1) is 0 Å². The lowest BCUT2D eigenvalue weighted by atomic mass is 10.1. The first-order valence-electron chi connectivity index (χ1n) is 6.53. The van der Waals surface area contributed by atoms with Gasteiger partial charge in [-0.2, -0.15) is 0 Å². The molecule has 0 amide bonds. The Balaban J connectivity index is 2.28. The molecule has 1 fully saturated rings. The Labute approximate surface area is 119 Å². The predicted octanol–water partition coefficient (Wildman–Crippen LogP) is 3.74. The molecule has 1 aromatic carbocycles. The van der Waals surface area contributed by atoms with Gasteiger partial charge < -0.3 is 10.6 Å². The van der Waals surface area contributed by atoms with Crippen molar-refractivity contribution in [2.45, 2.75) is 32.1 Å². The number of halogens is 1. The molecule has 2 rings (SSSR count). The maximum absolute atomic E-state index is 6.10. The molecular weight excluding hydrogens is 264 g/mol. The van der Waals surface area contributed by atoms with E-state index in [1.165, 1.54) is 32.1 Å². The third-order valence-corrected chi connectivity index (χ3v) is 3.88. The van der Waals surface area contributed by atoms with E-state index in [2.05, 4.69) is 4.90 Å². The topological polar surface area (TPSA) is 29.3 Å². The molecule has 0 saturated carbocycles. The zero-order chi connectivity index (χ0) is 13.0. The van der Waals surface area contributed by atoms with Crippen LogP contribution in [0.15, 0.2) is 18.2 Å². The number of benzene rings is 1. The summed E-state index contributed by atoms with van der Waals surface area (Å²) < 4.78 is 0. The summed E-state index contributed by atoms with van der Waals surface area (Å²) in [7, 11) is 0. The maximum atomic E-state index is 6.10. The van der Waals surface area contributed by atoms with Crippen molar-refractivity contribution in [3.05, 3.63) is 28.8 Å². The molecule has 18 heavy (non-hydrogen) atoms. The lowest BCUT2D eigenvalue weighted by molar-refractivity contribution is 0.556. The third kappa shape index (κ3) is 3.36. The molecular formula is C14H19ClN2S. The normalized spacial score (nSPS) is 17.1. The number of hydrogen-bond acceptors (Lipinski definition) is 2. The van der Waals surface area contributed by atoms with Crippen molar-refractivity contribution in [1.29, 1.82) is 0 Å². The Morgan fingerprint density at radius 1 is 1.11 bits per heavy atom. The van der Waals surface area contributed by atoms with Gasteiger partial charge in [-0.05, 0) is 31.0 Å². The average Bonchev–Trinajstić information content (AvgIpc) is 2.27. The summed E-state index contributed by atoms with van der Waals surface area (Å²) in [6.07, 6.45) is 6.41. The van der Waals surface area contributed by atoms with Crippen molar-refractivity contribution >= 4 is 34.5 Å². The Bertz CT molecular complexity index is 426. The maximum Gasteiger partial charge on any atom is 0.106 e. The molecule has 1 aromatic rings. The quantitative estimate of drug-likeness (QED) is 0.838. The van der Waals surface area contributed by atoms with Crippen molar-refractivity contribution in [2.75, 3.05) is 18.0 Å². The van der Waals surface area contributed by atoms with E-state index in [0.717, 1.165) is 29.4 Å². The fraction of sp³-hybridized carbons (Fsp3) is 0.500. The molecule has 2 N–H and O–H groups in total. The third-order valence-electron chi connectivity index (χ3n) is 3.42. The minimum atomic E-state index is 0.448. The van der Waals surface area contributed by atoms with Crippen LogP contribution in [0.25, 0.3) is 0 Å². The largest absolute Gasteiger partial charge is 0.389 e. The van der Waals surface area contributed by atoms with E-state index in [9.17, 15) is 0 Å². The van der Waals surface area contributed by atoms with Crippen LogP contribution in [-0.4, -0.2) is 18.1 Å². The van der Waals surface area contributed by atoms with Crippen LogP contribution >= 0.6 is 23.8 Å². The van der Waals surface area contributed by atoms with E-state index < -0.39 is 0 Å². The van der Waals surface area contributed by atoms with Crippen LogP contribution in [0.2, 0.25) is 5.02 Å². The first kappa shape index (κ1) is 13.6. The van der Waals surface area contributed by atoms with Gasteiger partial charge >= 0.3 is 0 Å². The molecule has 1 heterocycles. The van der Waals surface area contributed by atoms with Crippen LogP contribution in [0.1, 0.15) is 37.7 Å². The summed E-state index contributed by atoms with van der Waals surface area (Å²) in [5, 5.41) is 0.743. The van der Waals surface area contributed by atoms with Gasteiger partial charge in [-0.15, -0.1) is 0 Å². The molecule has 0 bridgehead atoms. The second kappa shape index (κ2) is 6.39. The lowest BCUT2D eigenvalue weighted by Gasteiger charge is -2.28. The molecule has 1 aliphatic heterocycles. The zero-order valence-corrected chi connectivity index (χ0v) is 12.1. The summed E-state index contributed by atoms with van der Waals surface area (Å²) in [6.45, 7) is 2.13. The van der Waals surface area contributed by atoms with Crippen LogP contribution in [0.3, 0.4) is 0 Å². The van der Waals surface area contributed by atoms with Crippen LogP contribution in [-0.2, 0) is 0 Å². The van der Waals surface area contributed by atoms with Gasteiger partial charge in [0.15, 0.2) is 0 Å². The number of hydrogen-bond donors (Lipinski definition) is 1. The molecule has 2 nitrogen and oxygen atoms in total. The van der Waals surface area contributed by atoms with E-state index in [4.69, 9.17) is 29.6 Å². The van der Waals surface area contributed by atoms with Crippen molar-refractivity contribution in [2.24, 2.45) is 5.73 Å². The molecule has 0 aromatic heterocycles. The van der Waals surface area contributed by atoms with Gasteiger partial charge in [-0.25, -0.2) is 0 Å². The van der Waals surface area contributed by atoms with Crippen molar-refractivity contribution in [3.63, 3.8) is 0 Å². The monoisotopic (exact) mass is 282 g/mol. The first-order valence-corrected chi connectivity index (χ1v) is 7.31. The fourth-order valence-corrected chi connectivity index (χ4v) is 2.80. The second-order valence-electron chi connectivity index (χ2n) is 4.78. The number of nitrogens with two attached hydrogens (primary N) is 1. The van der Waals surface area contributed by atoms with Gasteiger partial charge in [-0.3, -0.25) is 0 Å². The molecule has 0 atom stereocenters. The highest BCUT2D eigenvalue weighted by Gasteiger charge is 2.14. The van der Waals surface area contributed by atoms with Crippen LogP contribution in [0, 0.1) is 0 Å². The smallest absolute Gasteiger partial charge is 0.106 e. The molecule has 0 radical (unpaired) electrons. The Hall–Kier alpha value is -0.800. The van der Waals surface area contributed by atoms with Crippen molar-refractivity contribution in [3.8, 4) is 0 Å². The van der Waals surface area contributed by atoms with Gasteiger partial charge in [0.1, 0.15) is 4.99 Å². The number of anilines is 1. The van der Waals surface area contributed by atoms with Gasteiger partial charge in [-0.1, -0.05) is 43.1 Å². The van der Waals surface area contributed by atoms with E-state index >= 15 is 0 Å². The number of nitrogens with zero attached hydrogens (tertiary/aromatic N) is 1. The van der Waals surface area contributed by atoms with Crippen LogP contribution in [0.4, 0.5) is 5.69 Å². The van der Waals surface area contributed by atoms with E-state index in [1.807, 2.05) is 18.2 Å². The molecule has 0 unspecified atom stereocenters. The Morgan fingerprint density at radius 2 is 1.72 bits per heavy atom. The van der Waals surface area contributed by atoms with E-state index in [1.54, 1.807) is 0 Å². The summed E-state index contributed by atoms with van der Waals surface area (Å²) in [6, 6.07) is 5.76. The number of rotatable bonds is 2. The zero-order valence-electron chi connectivity index (χ0n) is 10.5. The molecule has 4 heteroatoms. The lowest BCUT2D eigenvalue weighted by Crippen LogP contribution is -2.29. The standard InChI is InChI=1S/C14H19ClN2S/c15-11-6-7-12(14(16)18)13(10-11)17-8-4-2-1-3-5-9-17/h6-7,10H,1-5,8-9H2,(H2,16,18). The van der Waals surface area contributed by atoms with Gasteiger partial charge in [0, 0.05) is 29.4 Å². The van der Waals surface area contributed by atoms with E-state index in [-0.39, 0.29) is 0 Å². The van der Waals surface area contributed by atoms with E-state index in [0.29, 0.717) is 4.99 Å². The average molecular weight is 283 g/mol. The van der Waals surface area contributed by atoms with Crippen LogP contribution in [0.5, 0.6) is 0 Å². The summed E-state index contributed by atoms with van der Waals surface area (Å²) >= 11 is 11.2. The fourth-order valence-electron chi connectivity index (χ4n) is 2.46. The Morgan fingerprint density at radius 3 is 2.33 bits per heavy atom. The highest BCUT2D eigenvalue weighted by Crippen LogP contribution is 2.27. The van der Waals surface area contributed by atoms with Crippen molar-refractivity contribution < 1.29 is 0 Å². The highest BCUT2D eigenvalue weighted by molar-refractivity contribution is 7.80. The second-order valence-corrected chi connectivity index (χ2v) is 5.66. The minimum absolute atomic E-state index is 0.448. The Kier molecular flexibility index (Phi) is 4.84. The molecule has 1 aliphatic rings. The van der Waals surface area contributed by atoms with Crippen molar-refractivity contribution in [1.82, 2.24) is 0 Å². The van der Waals surface area contributed by atoms with Crippen LogP contribution < -0.4 is 10.6 Å². The summed E-state index contributed by atoms with van der Waals surface area (Å²) in [5.74, 6) is 0. The molecule has 0 spiro atoms.